The molecule has 0 spiro atoms. The van der Waals surface area contributed by atoms with Gasteiger partial charge in [-0.15, -0.1) is 0 Å². The van der Waals surface area contributed by atoms with Gasteiger partial charge in [0.1, 0.15) is 5.75 Å². The summed E-state index contributed by atoms with van der Waals surface area (Å²) in [7, 11) is 1.56. The zero-order valence-corrected chi connectivity index (χ0v) is 17.3. The van der Waals surface area contributed by atoms with Crippen LogP contribution in [-0.4, -0.2) is 7.11 Å². The number of ether oxygens (including phenoxy) is 1. The van der Waals surface area contributed by atoms with Gasteiger partial charge in [-0.05, 0) is 65.6 Å². The van der Waals surface area contributed by atoms with E-state index in [1.807, 2.05) is 31.2 Å². The van der Waals surface area contributed by atoms with Gasteiger partial charge in [0.25, 0.3) is 0 Å². The van der Waals surface area contributed by atoms with E-state index in [1.165, 1.54) is 12.1 Å². The molecule has 1 N–H and O–H groups in total. The molecule has 3 aromatic rings. The zero-order chi connectivity index (χ0) is 23.5. The molecule has 0 aliphatic carbocycles. The van der Waals surface area contributed by atoms with Crippen molar-refractivity contribution in [3.8, 4) is 16.9 Å². The van der Waals surface area contributed by atoms with E-state index >= 15 is 0 Å². The lowest BCUT2D eigenvalue weighted by Gasteiger charge is -2.18. The normalized spacial score (nSPS) is 13.1. The minimum absolute atomic E-state index is 0.0630. The molecular weight excluding hydrogens is 432 g/mol. The molecule has 0 aliphatic heterocycles. The van der Waals surface area contributed by atoms with Gasteiger partial charge >= 0.3 is 12.4 Å². The molecule has 0 saturated carbocycles. The lowest BCUT2D eigenvalue weighted by Crippen LogP contribution is -2.18. The molecule has 0 unspecified atom stereocenters. The van der Waals surface area contributed by atoms with Crippen LogP contribution in [0.15, 0.2) is 66.7 Å². The fourth-order valence-corrected chi connectivity index (χ4v) is 3.33. The molecule has 0 aliphatic rings. The first-order valence-corrected chi connectivity index (χ1v) is 9.74. The van der Waals surface area contributed by atoms with Crippen molar-refractivity contribution in [1.29, 1.82) is 0 Å². The Hall–Kier alpha value is -3.00. The third-order valence-corrected chi connectivity index (χ3v) is 5.12. The molecule has 0 fully saturated rings. The van der Waals surface area contributed by atoms with Gasteiger partial charge in [-0.25, -0.2) is 0 Å². The molecule has 0 bridgehead atoms. The van der Waals surface area contributed by atoms with Crippen molar-refractivity contribution >= 4 is 0 Å². The standard InChI is InChI=1S/C24H21F6NO/c1-15(18-4-3-5-20(13-18)32-2)31-14-16-6-11-22(24(28,29)30)21(12-16)17-7-9-19(10-8-17)23(25,26)27/h3-13,15,31H,14H2,1-2H3/t15-/m1/s1. The van der Waals surface area contributed by atoms with Crippen molar-refractivity contribution in [1.82, 2.24) is 5.32 Å². The zero-order valence-electron chi connectivity index (χ0n) is 17.3. The van der Waals surface area contributed by atoms with Gasteiger partial charge in [-0.1, -0.05) is 30.3 Å². The molecule has 3 aromatic carbocycles. The van der Waals surface area contributed by atoms with E-state index in [1.54, 1.807) is 7.11 Å². The number of hydrogen-bond acceptors (Lipinski definition) is 2. The average molecular weight is 453 g/mol. The van der Waals surface area contributed by atoms with Crippen molar-refractivity contribution < 1.29 is 31.1 Å². The van der Waals surface area contributed by atoms with E-state index in [2.05, 4.69) is 5.32 Å². The smallest absolute Gasteiger partial charge is 0.417 e. The quantitative estimate of drug-likeness (QED) is 0.397. The molecule has 1 atom stereocenters. The van der Waals surface area contributed by atoms with Crippen LogP contribution in [-0.2, 0) is 18.9 Å². The van der Waals surface area contributed by atoms with E-state index in [-0.39, 0.29) is 23.7 Å². The predicted molar refractivity (Wildman–Crippen MR) is 110 cm³/mol. The predicted octanol–water partition coefficient (Wildman–Crippen LogP) is 7.25. The van der Waals surface area contributed by atoms with Crippen LogP contribution >= 0.6 is 0 Å². The maximum Gasteiger partial charge on any atom is 0.417 e. The largest absolute Gasteiger partial charge is 0.497 e. The number of nitrogens with one attached hydrogen (secondary N) is 1. The first-order chi connectivity index (χ1) is 15.0. The molecular formula is C24H21F6NO. The van der Waals surface area contributed by atoms with Crippen LogP contribution in [0.5, 0.6) is 5.75 Å². The third kappa shape index (κ3) is 5.62. The summed E-state index contributed by atoms with van der Waals surface area (Å²) in [5.74, 6) is 0.690. The summed E-state index contributed by atoms with van der Waals surface area (Å²) in [6.45, 7) is 2.18. The second-order valence-electron chi connectivity index (χ2n) is 7.33. The SMILES string of the molecule is COc1cccc([C@@H](C)NCc2ccc(C(F)(F)F)c(-c3ccc(C(F)(F)F)cc3)c2)c1. The summed E-state index contributed by atoms with van der Waals surface area (Å²) in [6.07, 6.45) is -9.20. The summed E-state index contributed by atoms with van der Waals surface area (Å²) >= 11 is 0. The Kier molecular flexibility index (Phi) is 6.83. The van der Waals surface area contributed by atoms with Crippen LogP contribution in [0.4, 0.5) is 26.3 Å². The third-order valence-electron chi connectivity index (χ3n) is 5.12. The Morgan fingerprint density at radius 2 is 1.53 bits per heavy atom. The van der Waals surface area contributed by atoms with E-state index in [0.29, 0.717) is 11.3 Å². The summed E-state index contributed by atoms with van der Waals surface area (Å²) in [5.41, 5.74) is -0.406. The second-order valence-corrected chi connectivity index (χ2v) is 7.33. The number of methoxy groups -OCH3 is 1. The van der Waals surface area contributed by atoms with Crippen LogP contribution in [0, 0.1) is 0 Å². The highest BCUT2D eigenvalue weighted by molar-refractivity contribution is 5.69. The Morgan fingerprint density at radius 1 is 0.844 bits per heavy atom. The minimum atomic E-state index is -4.64. The Balaban J connectivity index is 1.87. The van der Waals surface area contributed by atoms with Crippen molar-refractivity contribution in [3.05, 3.63) is 89.0 Å². The lowest BCUT2D eigenvalue weighted by molar-refractivity contribution is -0.138. The highest BCUT2D eigenvalue weighted by Crippen LogP contribution is 2.39. The number of halogens is 6. The lowest BCUT2D eigenvalue weighted by atomic mass is 9.95. The monoisotopic (exact) mass is 453 g/mol. The first kappa shape index (κ1) is 23.7. The Morgan fingerprint density at radius 3 is 2.12 bits per heavy atom. The maximum atomic E-state index is 13.5. The van der Waals surface area contributed by atoms with Crippen LogP contribution in [0.1, 0.15) is 35.2 Å². The summed E-state index contributed by atoms with van der Waals surface area (Å²) in [4.78, 5) is 0. The molecule has 2 nitrogen and oxygen atoms in total. The van der Waals surface area contributed by atoms with E-state index in [0.717, 1.165) is 35.9 Å². The highest BCUT2D eigenvalue weighted by Gasteiger charge is 2.34. The number of rotatable bonds is 6. The van der Waals surface area contributed by atoms with Crippen LogP contribution in [0.25, 0.3) is 11.1 Å². The van der Waals surface area contributed by atoms with E-state index < -0.39 is 23.5 Å². The molecule has 0 heterocycles. The molecule has 170 valence electrons. The summed E-state index contributed by atoms with van der Waals surface area (Å²) < 4.78 is 84.3. The van der Waals surface area contributed by atoms with Crippen molar-refractivity contribution in [3.63, 3.8) is 0 Å². The van der Waals surface area contributed by atoms with Crippen LogP contribution in [0.3, 0.4) is 0 Å². The van der Waals surface area contributed by atoms with Gasteiger partial charge in [0, 0.05) is 12.6 Å². The van der Waals surface area contributed by atoms with Gasteiger partial charge in [0.05, 0.1) is 18.2 Å². The van der Waals surface area contributed by atoms with Gasteiger partial charge < -0.3 is 10.1 Å². The first-order valence-electron chi connectivity index (χ1n) is 9.74. The van der Waals surface area contributed by atoms with Crippen LogP contribution < -0.4 is 10.1 Å². The average Bonchev–Trinajstić information content (AvgIpc) is 2.76. The molecule has 0 amide bonds. The van der Waals surface area contributed by atoms with Crippen molar-refractivity contribution in [2.24, 2.45) is 0 Å². The van der Waals surface area contributed by atoms with Crippen molar-refractivity contribution in [2.75, 3.05) is 7.11 Å². The molecule has 0 saturated heterocycles. The minimum Gasteiger partial charge on any atom is -0.497 e. The molecule has 8 heteroatoms. The summed E-state index contributed by atoms with van der Waals surface area (Å²) in [6, 6.07) is 14.7. The van der Waals surface area contributed by atoms with Gasteiger partial charge in [0.2, 0.25) is 0 Å². The van der Waals surface area contributed by atoms with E-state index in [4.69, 9.17) is 4.74 Å². The number of benzene rings is 3. The number of alkyl halides is 6. The highest BCUT2D eigenvalue weighted by atomic mass is 19.4. The molecule has 0 aromatic heterocycles. The van der Waals surface area contributed by atoms with Crippen molar-refractivity contribution in [2.45, 2.75) is 31.9 Å². The number of hydrogen-bond donors (Lipinski definition) is 1. The Labute approximate surface area is 181 Å². The molecule has 0 radical (unpaired) electrons. The second kappa shape index (κ2) is 9.24. The summed E-state index contributed by atoms with van der Waals surface area (Å²) in [5, 5.41) is 3.25. The molecule has 3 rings (SSSR count). The fraction of sp³-hybridized carbons (Fsp3) is 0.250. The van der Waals surface area contributed by atoms with Crippen LogP contribution in [0.2, 0.25) is 0 Å². The van der Waals surface area contributed by atoms with E-state index in [9.17, 15) is 26.3 Å². The topological polar surface area (TPSA) is 21.3 Å². The maximum absolute atomic E-state index is 13.5. The van der Waals surface area contributed by atoms with Gasteiger partial charge in [-0.3, -0.25) is 0 Å². The fourth-order valence-electron chi connectivity index (χ4n) is 3.33. The van der Waals surface area contributed by atoms with Gasteiger partial charge in [0.15, 0.2) is 0 Å². The Bertz CT molecular complexity index is 1060. The molecule has 32 heavy (non-hydrogen) atoms. The van der Waals surface area contributed by atoms with Gasteiger partial charge in [-0.2, -0.15) is 26.3 Å².